The van der Waals surface area contributed by atoms with Crippen molar-refractivity contribution in [3.05, 3.63) is 28.6 Å². The molecule has 2 fully saturated rings. The lowest BCUT2D eigenvalue weighted by molar-refractivity contribution is 0.194. The van der Waals surface area contributed by atoms with Gasteiger partial charge in [0.15, 0.2) is 0 Å². The van der Waals surface area contributed by atoms with Crippen molar-refractivity contribution in [2.45, 2.75) is 72.0 Å². The minimum Gasteiger partial charge on any atom is -0.317 e. The summed E-state index contributed by atoms with van der Waals surface area (Å²) in [5.41, 5.74) is 3.89. The van der Waals surface area contributed by atoms with Gasteiger partial charge in [-0.3, -0.25) is 14.5 Å². The van der Waals surface area contributed by atoms with Crippen molar-refractivity contribution in [3.63, 3.8) is 0 Å². The van der Waals surface area contributed by atoms with Crippen molar-refractivity contribution in [2.75, 3.05) is 26.2 Å². The van der Waals surface area contributed by atoms with E-state index in [0.717, 1.165) is 44.4 Å². The van der Waals surface area contributed by atoms with Crippen LogP contribution in [-0.2, 0) is 26.7 Å². The Balaban J connectivity index is 1.44. The molecule has 0 aliphatic carbocycles. The second-order valence-corrected chi connectivity index (χ2v) is 8.56. The number of likely N-dealkylation sites (tertiary alicyclic amines) is 2. The standard InChI is InChI=1S/C21H35N7/c1-5-28-17(3)19(16(2)24-28)14-27-12-8-9-18(13-27)21-23-22-20(25(21)4)15-26-10-6-7-11-26/h18H,5-15H2,1-4H3/t18-/m1/s1. The van der Waals surface area contributed by atoms with Gasteiger partial charge in [-0.1, -0.05) is 0 Å². The predicted octanol–water partition coefficient (Wildman–Crippen LogP) is 2.62. The first kappa shape index (κ1) is 19.6. The molecule has 4 rings (SSSR count). The molecule has 28 heavy (non-hydrogen) atoms. The molecule has 0 saturated carbocycles. The lowest BCUT2D eigenvalue weighted by Gasteiger charge is -2.32. The summed E-state index contributed by atoms with van der Waals surface area (Å²) >= 11 is 0. The van der Waals surface area contributed by atoms with E-state index in [4.69, 9.17) is 5.10 Å². The Hall–Kier alpha value is -1.73. The van der Waals surface area contributed by atoms with Gasteiger partial charge in [0.25, 0.3) is 0 Å². The third-order valence-corrected chi connectivity index (χ3v) is 6.65. The molecule has 0 aromatic carbocycles. The molecule has 0 radical (unpaired) electrons. The molecular weight excluding hydrogens is 350 g/mol. The zero-order valence-corrected chi connectivity index (χ0v) is 18.0. The number of nitrogens with zero attached hydrogens (tertiary/aromatic N) is 7. The number of aryl methyl sites for hydroxylation is 2. The molecular formula is C21H35N7. The van der Waals surface area contributed by atoms with Crippen molar-refractivity contribution in [1.82, 2.24) is 34.3 Å². The van der Waals surface area contributed by atoms with Crippen LogP contribution in [0.1, 0.15) is 67.1 Å². The molecule has 0 unspecified atom stereocenters. The molecule has 0 N–H and O–H groups in total. The maximum Gasteiger partial charge on any atom is 0.146 e. The quantitative estimate of drug-likeness (QED) is 0.765. The first-order chi connectivity index (χ1) is 13.6. The van der Waals surface area contributed by atoms with E-state index >= 15 is 0 Å². The average molecular weight is 386 g/mol. The van der Waals surface area contributed by atoms with Gasteiger partial charge in [0.05, 0.1) is 12.2 Å². The number of hydrogen-bond acceptors (Lipinski definition) is 5. The fourth-order valence-electron chi connectivity index (χ4n) is 4.91. The van der Waals surface area contributed by atoms with Crippen molar-refractivity contribution in [3.8, 4) is 0 Å². The number of piperidine rings is 1. The Morgan fingerprint density at radius 2 is 1.71 bits per heavy atom. The molecule has 154 valence electrons. The van der Waals surface area contributed by atoms with Gasteiger partial charge >= 0.3 is 0 Å². The highest BCUT2D eigenvalue weighted by molar-refractivity contribution is 5.24. The van der Waals surface area contributed by atoms with E-state index in [-0.39, 0.29) is 0 Å². The van der Waals surface area contributed by atoms with Crippen LogP contribution in [0.25, 0.3) is 0 Å². The Morgan fingerprint density at radius 3 is 2.43 bits per heavy atom. The van der Waals surface area contributed by atoms with Gasteiger partial charge in [-0.25, -0.2) is 0 Å². The Kier molecular flexibility index (Phi) is 5.83. The van der Waals surface area contributed by atoms with Crippen LogP contribution in [0.5, 0.6) is 0 Å². The fourth-order valence-corrected chi connectivity index (χ4v) is 4.91. The van der Waals surface area contributed by atoms with Gasteiger partial charge in [0.1, 0.15) is 11.6 Å². The summed E-state index contributed by atoms with van der Waals surface area (Å²) in [7, 11) is 2.15. The number of rotatable bonds is 6. The summed E-state index contributed by atoms with van der Waals surface area (Å²) < 4.78 is 4.39. The van der Waals surface area contributed by atoms with Crippen LogP contribution >= 0.6 is 0 Å². The first-order valence-corrected chi connectivity index (χ1v) is 10.9. The topological polar surface area (TPSA) is 55.0 Å². The van der Waals surface area contributed by atoms with Crippen molar-refractivity contribution < 1.29 is 0 Å². The predicted molar refractivity (Wildman–Crippen MR) is 110 cm³/mol. The Labute approximate surface area is 168 Å². The molecule has 2 aliphatic rings. The molecule has 1 atom stereocenters. The normalized spacial score (nSPS) is 21.6. The molecule has 2 aromatic heterocycles. The number of hydrogen-bond donors (Lipinski definition) is 0. The zero-order valence-electron chi connectivity index (χ0n) is 18.0. The van der Waals surface area contributed by atoms with Gasteiger partial charge in [0.2, 0.25) is 0 Å². The number of aromatic nitrogens is 5. The molecule has 7 heteroatoms. The van der Waals surface area contributed by atoms with Crippen LogP contribution in [0.15, 0.2) is 0 Å². The second-order valence-electron chi connectivity index (χ2n) is 8.56. The first-order valence-electron chi connectivity index (χ1n) is 10.9. The largest absolute Gasteiger partial charge is 0.317 e. The molecule has 2 aliphatic heterocycles. The van der Waals surface area contributed by atoms with E-state index in [1.807, 2.05) is 0 Å². The second kappa shape index (κ2) is 8.33. The lowest BCUT2D eigenvalue weighted by Crippen LogP contribution is -2.35. The SMILES string of the molecule is CCn1nc(C)c(CN2CCC[C@@H](c3nnc(CN4CCCC4)n3C)C2)c1C. The van der Waals surface area contributed by atoms with Crippen LogP contribution in [0, 0.1) is 13.8 Å². The van der Waals surface area contributed by atoms with E-state index in [1.54, 1.807) is 0 Å². The minimum atomic E-state index is 0.473. The summed E-state index contributed by atoms with van der Waals surface area (Å²) in [6, 6.07) is 0. The molecule has 2 aromatic rings. The van der Waals surface area contributed by atoms with Gasteiger partial charge < -0.3 is 4.57 Å². The van der Waals surface area contributed by atoms with Crippen molar-refractivity contribution in [2.24, 2.45) is 7.05 Å². The summed E-state index contributed by atoms with van der Waals surface area (Å²) in [5.74, 6) is 2.75. The summed E-state index contributed by atoms with van der Waals surface area (Å²) in [6.07, 6.45) is 5.06. The highest BCUT2D eigenvalue weighted by atomic mass is 15.3. The molecule has 2 saturated heterocycles. The molecule has 7 nitrogen and oxygen atoms in total. The van der Waals surface area contributed by atoms with Crippen molar-refractivity contribution >= 4 is 0 Å². The fraction of sp³-hybridized carbons (Fsp3) is 0.762. The molecule has 0 bridgehead atoms. The molecule has 0 amide bonds. The highest BCUT2D eigenvalue weighted by Crippen LogP contribution is 2.28. The van der Waals surface area contributed by atoms with Crippen LogP contribution in [0.2, 0.25) is 0 Å². The van der Waals surface area contributed by atoms with E-state index in [1.165, 1.54) is 55.7 Å². The van der Waals surface area contributed by atoms with E-state index in [9.17, 15) is 0 Å². The van der Waals surface area contributed by atoms with Crippen LogP contribution in [-0.4, -0.2) is 60.5 Å². The molecule has 4 heterocycles. The maximum atomic E-state index is 4.70. The van der Waals surface area contributed by atoms with Crippen molar-refractivity contribution in [1.29, 1.82) is 0 Å². The Bertz CT molecular complexity index is 800. The highest BCUT2D eigenvalue weighted by Gasteiger charge is 2.27. The maximum absolute atomic E-state index is 4.70. The summed E-state index contributed by atoms with van der Waals surface area (Å²) in [5, 5.41) is 13.9. The monoisotopic (exact) mass is 385 g/mol. The van der Waals surface area contributed by atoms with Crippen LogP contribution in [0.3, 0.4) is 0 Å². The summed E-state index contributed by atoms with van der Waals surface area (Å²) in [6.45, 7) is 14.0. The molecule has 0 spiro atoms. The van der Waals surface area contributed by atoms with Gasteiger partial charge in [-0.2, -0.15) is 5.10 Å². The van der Waals surface area contributed by atoms with Gasteiger partial charge in [-0.05, 0) is 66.1 Å². The van der Waals surface area contributed by atoms with Crippen LogP contribution in [0.4, 0.5) is 0 Å². The van der Waals surface area contributed by atoms with E-state index in [2.05, 4.69) is 57.1 Å². The van der Waals surface area contributed by atoms with Gasteiger partial charge in [0, 0.05) is 43.9 Å². The average Bonchev–Trinajstić information content (AvgIpc) is 3.40. The van der Waals surface area contributed by atoms with Gasteiger partial charge in [-0.15, -0.1) is 10.2 Å². The smallest absolute Gasteiger partial charge is 0.146 e. The third kappa shape index (κ3) is 3.87. The third-order valence-electron chi connectivity index (χ3n) is 6.65. The van der Waals surface area contributed by atoms with E-state index < -0.39 is 0 Å². The lowest BCUT2D eigenvalue weighted by atomic mass is 9.96. The zero-order chi connectivity index (χ0) is 19.7. The Morgan fingerprint density at radius 1 is 0.964 bits per heavy atom. The minimum absolute atomic E-state index is 0.473. The van der Waals surface area contributed by atoms with E-state index in [0.29, 0.717) is 5.92 Å². The van der Waals surface area contributed by atoms with Crippen LogP contribution < -0.4 is 0 Å². The summed E-state index contributed by atoms with van der Waals surface area (Å²) in [4.78, 5) is 5.08.